The highest BCUT2D eigenvalue weighted by molar-refractivity contribution is 7.15. The molecule has 1 saturated heterocycles. The van der Waals surface area contributed by atoms with Gasteiger partial charge in [0.05, 0.1) is 5.69 Å². The molecule has 1 fully saturated rings. The highest BCUT2D eigenvalue weighted by Gasteiger charge is 2.29. The summed E-state index contributed by atoms with van der Waals surface area (Å²) >= 11 is 1.71. The van der Waals surface area contributed by atoms with Crippen LogP contribution in [0.2, 0.25) is 0 Å². The molecule has 2 aromatic rings. The molecule has 2 unspecified atom stereocenters. The van der Waals surface area contributed by atoms with E-state index in [0.29, 0.717) is 0 Å². The molecule has 18 heavy (non-hydrogen) atoms. The number of anilines is 1. The second-order valence-electron chi connectivity index (χ2n) is 5.33. The maximum atomic E-state index is 4.81. The summed E-state index contributed by atoms with van der Waals surface area (Å²) < 4.78 is 2.21. The lowest BCUT2D eigenvalue weighted by atomic mass is 10.0. The van der Waals surface area contributed by atoms with Gasteiger partial charge in [0.15, 0.2) is 10.8 Å². The van der Waals surface area contributed by atoms with Crippen molar-refractivity contribution in [3.63, 3.8) is 0 Å². The second kappa shape index (κ2) is 4.55. The van der Waals surface area contributed by atoms with E-state index in [9.17, 15) is 0 Å². The minimum absolute atomic E-state index is 0.757. The average molecular weight is 264 g/mol. The third-order valence-corrected chi connectivity index (χ3v) is 4.73. The van der Waals surface area contributed by atoms with Crippen LogP contribution in [-0.4, -0.2) is 29.5 Å². The molecule has 0 saturated carbocycles. The molecular weight excluding hydrogens is 244 g/mol. The number of hydrogen-bond donors (Lipinski definition) is 1. The van der Waals surface area contributed by atoms with Crippen molar-refractivity contribution in [3.8, 4) is 0 Å². The summed E-state index contributed by atoms with van der Waals surface area (Å²) in [6.45, 7) is 7.79. The number of nitrogens with zero attached hydrogens (tertiary/aromatic N) is 3. The summed E-state index contributed by atoms with van der Waals surface area (Å²) in [5.74, 6) is 2.69. The molecule has 0 bridgehead atoms. The van der Waals surface area contributed by atoms with Crippen LogP contribution in [0.15, 0.2) is 11.6 Å². The lowest BCUT2D eigenvalue weighted by molar-refractivity contribution is 0.494. The minimum atomic E-state index is 0.757. The van der Waals surface area contributed by atoms with Crippen LogP contribution >= 0.6 is 11.3 Å². The van der Waals surface area contributed by atoms with Crippen molar-refractivity contribution in [2.75, 3.05) is 25.0 Å². The quantitative estimate of drug-likeness (QED) is 0.922. The smallest absolute Gasteiger partial charge is 0.195 e. The van der Waals surface area contributed by atoms with Gasteiger partial charge in [-0.3, -0.25) is 4.40 Å². The van der Waals surface area contributed by atoms with Crippen molar-refractivity contribution in [1.29, 1.82) is 0 Å². The van der Waals surface area contributed by atoms with Crippen molar-refractivity contribution >= 4 is 22.1 Å². The highest BCUT2D eigenvalue weighted by Crippen LogP contribution is 2.31. The zero-order valence-electron chi connectivity index (χ0n) is 11.2. The molecule has 3 heterocycles. The summed E-state index contributed by atoms with van der Waals surface area (Å²) in [4.78, 5) is 8.36. The SMILES string of the molecule is CNCc1c(N2CC(C)C(C)C2)nc2sccn12. The number of imidazole rings is 1. The first-order valence-corrected chi connectivity index (χ1v) is 7.42. The summed E-state index contributed by atoms with van der Waals surface area (Å²) in [5, 5.41) is 5.35. The maximum absolute atomic E-state index is 4.81. The van der Waals surface area contributed by atoms with Crippen LogP contribution in [0.25, 0.3) is 4.96 Å². The molecule has 1 N–H and O–H groups in total. The van der Waals surface area contributed by atoms with E-state index in [1.54, 1.807) is 11.3 Å². The predicted molar refractivity (Wildman–Crippen MR) is 76.4 cm³/mol. The number of nitrogens with one attached hydrogen (secondary N) is 1. The summed E-state index contributed by atoms with van der Waals surface area (Å²) in [7, 11) is 1.99. The molecule has 2 atom stereocenters. The van der Waals surface area contributed by atoms with E-state index in [0.717, 1.165) is 36.4 Å². The minimum Gasteiger partial charge on any atom is -0.354 e. The van der Waals surface area contributed by atoms with E-state index < -0.39 is 0 Å². The maximum Gasteiger partial charge on any atom is 0.195 e. The zero-order valence-corrected chi connectivity index (χ0v) is 12.0. The topological polar surface area (TPSA) is 32.6 Å². The molecule has 2 aromatic heterocycles. The van der Waals surface area contributed by atoms with E-state index in [1.165, 1.54) is 11.5 Å². The first-order chi connectivity index (χ1) is 8.70. The van der Waals surface area contributed by atoms with Crippen molar-refractivity contribution in [1.82, 2.24) is 14.7 Å². The molecule has 0 amide bonds. The highest BCUT2D eigenvalue weighted by atomic mass is 32.1. The Morgan fingerprint density at radius 2 is 2.11 bits per heavy atom. The second-order valence-corrected chi connectivity index (χ2v) is 6.20. The molecule has 0 radical (unpaired) electrons. The molecule has 5 heteroatoms. The first-order valence-electron chi connectivity index (χ1n) is 6.54. The van der Waals surface area contributed by atoms with Crippen LogP contribution in [0, 0.1) is 11.8 Å². The van der Waals surface area contributed by atoms with Gasteiger partial charge >= 0.3 is 0 Å². The van der Waals surface area contributed by atoms with Gasteiger partial charge in [0.1, 0.15) is 0 Å². The number of thiazole rings is 1. The Kier molecular flexibility index (Phi) is 3.03. The Labute approximate surface area is 112 Å². The normalized spacial score (nSPS) is 24.3. The van der Waals surface area contributed by atoms with Crippen LogP contribution in [0.5, 0.6) is 0 Å². The molecular formula is C13H20N4S. The summed E-state index contributed by atoms with van der Waals surface area (Å²) in [5.41, 5.74) is 1.29. The number of hydrogen-bond acceptors (Lipinski definition) is 4. The van der Waals surface area contributed by atoms with Gasteiger partial charge in [0.25, 0.3) is 0 Å². The summed E-state index contributed by atoms with van der Waals surface area (Å²) in [6.07, 6.45) is 2.12. The van der Waals surface area contributed by atoms with Gasteiger partial charge in [-0.15, -0.1) is 11.3 Å². The van der Waals surface area contributed by atoms with Crippen LogP contribution in [0.4, 0.5) is 5.82 Å². The molecule has 0 aromatic carbocycles. The van der Waals surface area contributed by atoms with Gasteiger partial charge in [-0.25, -0.2) is 4.98 Å². The Bertz CT molecular complexity index is 534. The monoisotopic (exact) mass is 264 g/mol. The number of rotatable bonds is 3. The Hall–Kier alpha value is -1.07. The van der Waals surface area contributed by atoms with Gasteiger partial charge < -0.3 is 10.2 Å². The Morgan fingerprint density at radius 1 is 1.39 bits per heavy atom. The molecule has 1 aliphatic rings. The lowest BCUT2D eigenvalue weighted by Gasteiger charge is -2.17. The van der Waals surface area contributed by atoms with Crippen LogP contribution in [0.1, 0.15) is 19.5 Å². The predicted octanol–water partition coefficient (Wildman–Crippen LogP) is 2.21. The first kappa shape index (κ1) is 12.0. The van der Waals surface area contributed by atoms with Crippen molar-refractivity contribution < 1.29 is 0 Å². The lowest BCUT2D eigenvalue weighted by Crippen LogP contribution is -2.22. The van der Waals surface area contributed by atoms with Gasteiger partial charge in [0.2, 0.25) is 0 Å². The fourth-order valence-electron chi connectivity index (χ4n) is 2.71. The Balaban J connectivity index is 2.00. The van der Waals surface area contributed by atoms with Crippen LogP contribution in [0.3, 0.4) is 0 Å². The van der Waals surface area contributed by atoms with Gasteiger partial charge in [-0.2, -0.15) is 0 Å². The van der Waals surface area contributed by atoms with E-state index in [2.05, 4.69) is 40.0 Å². The standard InChI is InChI=1S/C13H20N4S/c1-9-7-16(8-10(9)2)12-11(6-14-3)17-4-5-18-13(17)15-12/h4-5,9-10,14H,6-8H2,1-3H3. The molecule has 4 nitrogen and oxygen atoms in total. The largest absolute Gasteiger partial charge is 0.354 e. The molecule has 3 rings (SSSR count). The van der Waals surface area contributed by atoms with Crippen LogP contribution in [-0.2, 0) is 6.54 Å². The van der Waals surface area contributed by atoms with Gasteiger partial charge in [0, 0.05) is 31.2 Å². The van der Waals surface area contributed by atoms with Crippen molar-refractivity contribution in [2.24, 2.45) is 11.8 Å². The van der Waals surface area contributed by atoms with E-state index in [1.807, 2.05) is 7.05 Å². The fourth-order valence-corrected chi connectivity index (χ4v) is 3.44. The molecule has 0 aliphatic carbocycles. The van der Waals surface area contributed by atoms with Crippen molar-refractivity contribution in [2.45, 2.75) is 20.4 Å². The molecule has 98 valence electrons. The summed E-state index contributed by atoms with van der Waals surface area (Å²) in [6, 6.07) is 0. The molecule has 0 spiro atoms. The zero-order chi connectivity index (χ0) is 12.7. The van der Waals surface area contributed by atoms with Crippen molar-refractivity contribution in [3.05, 3.63) is 17.3 Å². The van der Waals surface area contributed by atoms with E-state index in [4.69, 9.17) is 4.98 Å². The fraction of sp³-hybridized carbons (Fsp3) is 0.615. The Morgan fingerprint density at radius 3 is 2.78 bits per heavy atom. The number of fused-ring (bicyclic) bond motifs is 1. The van der Waals surface area contributed by atoms with Gasteiger partial charge in [-0.1, -0.05) is 13.8 Å². The molecule has 1 aliphatic heterocycles. The third kappa shape index (κ3) is 1.82. The van der Waals surface area contributed by atoms with Crippen LogP contribution < -0.4 is 10.2 Å². The van der Waals surface area contributed by atoms with E-state index in [-0.39, 0.29) is 0 Å². The van der Waals surface area contributed by atoms with Gasteiger partial charge in [-0.05, 0) is 18.9 Å². The average Bonchev–Trinajstić information content (AvgIpc) is 2.98. The third-order valence-electron chi connectivity index (χ3n) is 3.97. The van der Waals surface area contributed by atoms with E-state index >= 15 is 0 Å². The number of aromatic nitrogens is 2.